The van der Waals surface area contributed by atoms with E-state index in [4.69, 9.17) is 4.74 Å². The van der Waals surface area contributed by atoms with E-state index >= 15 is 0 Å². The van der Waals surface area contributed by atoms with Gasteiger partial charge in [0.05, 0.1) is 0 Å². The van der Waals surface area contributed by atoms with Gasteiger partial charge < -0.3 is 15.0 Å². The molecule has 0 aliphatic heterocycles. The topological polar surface area (TPSA) is 37.4 Å². The highest BCUT2D eigenvalue weighted by Crippen LogP contribution is 2.25. The number of pyridine rings is 1. The third-order valence-electron chi connectivity index (χ3n) is 3.63. The summed E-state index contributed by atoms with van der Waals surface area (Å²) >= 11 is 0. The van der Waals surface area contributed by atoms with Gasteiger partial charge in [0, 0.05) is 30.4 Å². The molecule has 4 nitrogen and oxygen atoms in total. The van der Waals surface area contributed by atoms with Gasteiger partial charge in [0.1, 0.15) is 6.61 Å². The van der Waals surface area contributed by atoms with Crippen LogP contribution in [0.15, 0.2) is 18.3 Å². The van der Waals surface area contributed by atoms with Crippen LogP contribution >= 0.6 is 0 Å². The van der Waals surface area contributed by atoms with Crippen LogP contribution in [0.25, 0.3) is 0 Å². The van der Waals surface area contributed by atoms with E-state index in [0.29, 0.717) is 6.61 Å². The normalized spacial score (nSPS) is 16.6. The Morgan fingerprint density at radius 1 is 1.53 bits per heavy atom. The lowest BCUT2D eigenvalue weighted by Crippen LogP contribution is -2.27. The molecule has 0 spiro atoms. The third kappa shape index (κ3) is 4.18. The van der Waals surface area contributed by atoms with Crippen LogP contribution in [0.2, 0.25) is 0 Å². The van der Waals surface area contributed by atoms with E-state index in [2.05, 4.69) is 42.2 Å². The number of nitrogens with zero attached hydrogens (tertiary/aromatic N) is 2. The lowest BCUT2D eigenvalue weighted by molar-refractivity contribution is 0.224. The van der Waals surface area contributed by atoms with Crippen LogP contribution < -0.4 is 10.1 Å². The number of hydrogen-bond acceptors (Lipinski definition) is 4. The first kappa shape index (κ1) is 14.3. The largest absolute Gasteiger partial charge is 0.476 e. The van der Waals surface area contributed by atoms with E-state index in [-0.39, 0.29) is 6.04 Å². The molecule has 0 aromatic carbocycles. The first-order valence-corrected chi connectivity index (χ1v) is 7.23. The molecule has 1 heterocycles. The molecule has 1 aromatic rings. The van der Waals surface area contributed by atoms with Gasteiger partial charge in [-0.25, -0.2) is 4.98 Å². The van der Waals surface area contributed by atoms with E-state index < -0.39 is 0 Å². The molecule has 1 aliphatic rings. The standard InChI is InChI=1S/C15H25N3O/c1-4-16-12(2)14-6-5-9-17-15(14)19-11-10-18(3)13-7-8-13/h5-6,9,12-13,16H,4,7-8,10-11H2,1-3H3. The quantitative estimate of drug-likeness (QED) is 0.780. The summed E-state index contributed by atoms with van der Waals surface area (Å²) in [5.41, 5.74) is 1.14. The van der Waals surface area contributed by atoms with Crippen LogP contribution in [0.5, 0.6) is 5.88 Å². The number of hydrogen-bond donors (Lipinski definition) is 1. The molecule has 0 amide bonds. The first-order valence-electron chi connectivity index (χ1n) is 7.23. The van der Waals surface area contributed by atoms with Crippen LogP contribution in [0.4, 0.5) is 0 Å². The molecule has 1 aliphatic carbocycles. The minimum atomic E-state index is 0.273. The molecule has 1 N–H and O–H groups in total. The summed E-state index contributed by atoms with van der Waals surface area (Å²) in [6.45, 7) is 6.87. The lowest BCUT2D eigenvalue weighted by Gasteiger charge is -2.19. The van der Waals surface area contributed by atoms with E-state index in [9.17, 15) is 0 Å². The molecule has 0 radical (unpaired) electrons. The van der Waals surface area contributed by atoms with Crippen molar-refractivity contribution in [2.45, 2.75) is 38.8 Å². The Hall–Kier alpha value is -1.13. The van der Waals surface area contributed by atoms with Gasteiger partial charge in [-0.2, -0.15) is 0 Å². The highest BCUT2D eigenvalue weighted by Gasteiger charge is 2.25. The maximum Gasteiger partial charge on any atom is 0.218 e. The van der Waals surface area contributed by atoms with Crippen molar-refractivity contribution in [3.8, 4) is 5.88 Å². The minimum absolute atomic E-state index is 0.273. The van der Waals surface area contributed by atoms with Crippen LogP contribution in [-0.4, -0.2) is 42.7 Å². The second-order valence-corrected chi connectivity index (χ2v) is 5.24. The van der Waals surface area contributed by atoms with Crippen molar-refractivity contribution < 1.29 is 4.74 Å². The molecule has 4 heteroatoms. The van der Waals surface area contributed by atoms with Crippen molar-refractivity contribution in [1.82, 2.24) is 15.2 Å². The second kappa shape index (κ2) is 6.87. The van der Waals surface area contributed by atoms with E-state index in [1.807, 2.05) is 6.07 Å². The summed E-state index contributed by atoms with van der Waals surface area (Å²) in [5, 5.41) is 3.40. The van der Waals surface area contributed by atoms with Crippen molar-refractivity contribution in [3.05, 3.63) is 23.9 Å². The van der Waals surface area contributed by atoms with Crippen LogP contribution in [0.1, 0.15) is 38.3 Å². The van der Waals surface area contributed by atoms with Crippen LogP contribution in [0, 0.1) is 0 Å². The summed E-state index contributed by atoms with van der Waals surface area (Å²) < 4.78 is 5.86. The lowest BCUT2D eigenvalue weighted by atomic mass is 10.1. The van der Waals surface area contributed by atoms with Gasteiger partial charge in [0.15, 0.2) is 0 Å². The number of nitrogens with one attached hydrogen (secondary N) is 1. The minimum Gasteiger partial charge on any atom is -0.476 e. The van der Waals surface area contributed by atoms with Crippen molar-refractivity contribution in [2.75, 3.05) is 26.7 Å². The van der Waals surface area contributed by atoms with Gasteiger partial charge in [-0.3, -0.25) is 0 Å². The molecule has 1 unspecified atom stereocenters. The van der Waals surface area contributed by atoms with Crippen molar-refractivity contribution in [1.29, 1.82) is 0 Å². The number of aromatic nitrogens is 1. The second-order valence-electron chi connectivity index (χ2n) is 5.24. The van der Waals surface area contributed by atoms with Gasteiger partial charge in [-0.05, 0) is 39.4 Å². The average molecular weight is 263 g/mol. The smallest absolute Gasteiger partial charge is 0.218 e. The van der Waals surface area contributed by atoms with Gasteiger partial charge in [-0.1, -0.05) is 13.0 Å². The molecule has 1 saturated carbocycles. The van der Waals surface area contributed by atoms with Crippen LogP contribution in [0.3, 0.4) is 0 Å². The van der Waals surface area contributed by atoms with Crippen molar-refractivity contribution >= 4 is 0 Å². The van der Waals surface area contributed by atoms with E-state index in [1.54, 1.807) is 6.20 Å². The molecule has 1 aromatic heterocycles. The zero-order valence-corrected chi connectivity index (χ0v) is 12.2. The summed E-state index contributed by atoms with van der Waals surface area (Å²) in [6, 6.07) is 5.11. The SMILES string of the molecule is CCNC(C)c1cccnc1OCCN(C)C1CC1. The molecular formula is C15H25N3O. The zero-order chi connectivity index (χ0) is 13.7. The Morgan fingerprint density at radius 3 is 3.00 bits per heavy atom. The number of likely N-dealkylation sites (N-methyl/N-ethyl adjacent to an activating group) is 1. The molecule has 0 bridgehead atoms. The molecule has 2 rings (SSSR count). The number of ether oxygens (including phenoxy) is 1. The van der Waals surface area contributed by atoms with Crippen molar-refractivity contribution in [3.63, 3.8) is 0 Å². The highest BCUT2D eigenvalue weighted by molar-refractivity contribution is 5.28. The zero-order valence-electron chi connectivity index (χ0n) is 12.2. The fraction of sp³-hybridized carbons (Fsp3) is 0.667. The Kier molecular flexibility index (Phi) is 5.16. The molecular weight excluding hydrogens is 238 g/mol. The fourth-order valence-corrected chi connectivity index (χ4v) is 2.25. The number of rotatable bonds is 8. The van der Waals surface area contributed by atoms with Gasteiger partial charge in [0.2, 0.25) is 5.88 Å². The Labute approximate surface area is 116 Å². The molecule has 1 atom stereocenters. The molecule has 19 heavy (non-hydrogen) atoms. The Balaban J connectivity index is 1.87. The summed E-state index contributed by atoms with van der Waals surface area (Å²) in [5.74, 6) is 0.764. The Bertz CT molecular complexity index is 393. The van der Waals surface area contributed by atoms with E-state index in [0.717, 1.165) is 30.6 Å². The first-order chi connectivity index (χ1) is 9.22. The summed E-state index contributed by atoms with van der Waals surface area (Å²) in [7, 11) is 2.17. The molecule has 1 fully saturated rings. The van der Waals surface area contributed by atoms with Crippen LogP contribution in [-0.2, 0) is 0 Å². The molecule has 0 saturated heterocycles. The van der Waals surface area contributed by atoms with Crippen molar-refractivity contribution in [2.24, 2.45) is 0 Å². The Morgan fingerprint density at radius 2 is 2.32 bits per heavy atom. The highest BCUT2D eigenvalue weighted by atomic mass is 16.5. The van der Waals surface area contributed by atoms with Gasteiger partial charge in [-0.15, -0.1) is 0 Å². The molecule has 106 valence electrons. The van der Waals surface area contributed by atoms with E-state index in [1.165, 1.54) is 12.8 Å². The summed E-state index contributed by atoms with van der Waals surface area (Å²) in [6.07, 6.45) is 4.47. The summed E-state index contributed by atoms with van der Waals surface area (Å²) in [4.78, 5) is 6.73. The maximum atomic E-state index is 5.86. The fourth-order valence-electron chi connectivity index (χ4n) is 2.25. The maximum absolute atomic E-state index is 5.86. The average Bonchev–Trinajstić information content (AvgIpc) is 3.24. The van der Waals surface area contributed by atoms with Gasteiger partial charge >= 0.3 is 0 Å². The van der Waals surface area contributed by atoms with Gasteiger partial charge in [0.25, 0.3) is 0 Å². The predicted molar refractivity (Wildman–Crippen MR) is 77.5 cm³/mol. The predicted octanol–water partition coefficient (Wildman–Crippen LogP) is 2.23. The monoisotopic (exact) mass is 263 g/mol. The third-order valence-corrected chi connectivity index (χ3v) is 3.63.